The average Bonchev–Trinajstić information content (AvgIpc) is 2.94. The molecule has 0 radical (unpaired) electrons. The maximum absolute atomic E-state index is 12.8. The van der Waals surface area contributed by atoms with Crippen molar-refractivity contribution in [1.29, 1.82) is 0 Å². The molecule has 0 aliphatic rings. The van der Waals surface area contributed by atoms with Gasteiger partial charge in [-0.25, -0.2) is 0 Å². The predicted octanol–water partition coefficient (Wildman–Crippen LogP) is 3.10. The molecule has 1 unspecified atom stereocenters. The SMILES string of the molecule is Cc1noc(C(C)C)c1C(=O)NC(C(=O)NC(C)C)c1ccccc1. The summed E-state index contributed by atoms with van der Waals surface area (Å²) >= 11 is 0. The zero-order chi connectivity index (χ0) is 18.6. The van der Waals surface area contributed by atoms with Gasteiger partial charge in [0.25, 0.3) is 5.91 Å². The van der Waals surface area contributed by atoms with Gasteiger partial charge < -0.3 is 15.2 Å². The van der Waals surface area contributed by atoms with Crippen LogP contribution in [0.2, 0.25) is 0 Å². The monoisotopic (exact) mass is 343 g/mol. The standard InChI is InChI=1S/C19H25N3O3/c1-11(2)17-15(13(5)22-25-17)18(23)21-16(19(24)20-12(3)4)14-9-7-6-8-10-14/h6-12,16H,1-5H3,(H,20,24)(H,21,23). The number of amides is 2. The van der Waals surface area contributed by atoms with E-state index < -0.39 is 6.04 Å². The number of aromatic nitrogens is 1. The number of rotatable bonds is 6. The van der Waals surface area contributed by atoms with E-state index in [2.05, 4.69) is 15.8 Å². The fourth-order valence-electron chi connectivity index (χ4n) is 2.57. The number of nitrogens with one attached hydrogen (secondary N) is 2. The lowest BCUT2D eigenvalue weighted by Crippen LogP contribution is -2.43. The van der Waals surface area contributed by atoms with Gasteiger partial charge in [-0.1, -0.05) is 49.3 Å². The van der Waals surface area contributed by atoms with E-state index in [9.17, 15) is 9.59 Å². The molecule has 6 heteroatoms. The molecule has 6 nitrogen and oxygen atoms in total. The fraction of sp³-hybridized carbons (Fsp3) is 0.421. The van der Waals surface area contributed by atoms with E-state index in [0.717, 1.165) is 0 Å². The number of hydrogen-bond donors (Lipinski definition) is 2. The van der Waals surface area contributed by atoms with Gasteiger partial charge in [0.2, 0.25) is 5.91 Å². The zero-order valence-electron chi connectivity index (χ0n) is 15.3. The van der Waals surface area contributed by atoms with E-state index in [4.69, 9.17) is 4.52 Å². The van der Waals surface area contributed by atoms with Gasteiger partial charge in [-0.2, -0.15) is 0 Å². The number of carbonyl (C=O) groups is 2. The number of carbonyl (C=O) groups excluding carboxylic acids is 2. The number of aryl methyl sites for hydroxylation is 1. The van der Waals surface area contributed by atoms with Gasteiger partial charge in [0.15, 0.2) is 5.76 Å². The third-order valence-corrected chi connectivity index (χ3v) is 3.74. The summed E-state index contributed by atoms with van der Waals surface area (Å²) < 4.78 is 5.28. The smallest absolute Gasteiger partial charge is 0.257 e. The first-order valence-electron chi connectivity index (χ1n) is 8.43. The maximum atomic E-state index is 12.8. The number of hydrogen-bond acceptors (Lipinski definition) is 4. The molecule has 2 aromatic rings. The molecule has 1 atom stereocenters. The van der Waals surface area contributed by atoms with Crippen molar-refractivity contribution in [2.75, 3.05) is 0 Å². The second-order valence-corrected chi connectivity index (χ2v) is 6.64. The Hall–Kier alpha value is -2.63. The average molecular weight is 343 g/mol. The Bertz CT molecular complexity index is 736. The lowest BCUT2D eigenvalue weighted by atomic mass is 10.0. The Morgan fingerprint density at radius 3 is 2.24 bits per heavy atom. The van der Waals surface area contributed by atoms with Crippen molar-refractivity contribution in [3.05, 3.63) is 52.9 Å². The van der Waals surface area contributed by atoms with E-state index in [-0.39, 0.29) is 23.8 Å². The molecule has 1 aromatic carbocycles. The molecule has 2 N–H and O–H groups in total. The van der Waals surface area contributed by atoms with Crippen molar-refractivity contribution in [2.45, 2.75) is 52.6 Å². The van der Waals surface area contributed by atoms with E-state index in [1.165, 1.54) is 0 Å². The Kier molecular flexibility index (Phi) is 5.96. The van der Waals surface area contributed by atoms with Gasteiger partial charge in [-0.3, -0.25) is 9.59 Å². The Morgan fingerprint density at radius 1 is 1.04 bits per heavy atom. The van der Waals surface area contributed by atoms with Gasteiger partial charge in [0, 0.05) is 12.0 Å². The topological polar surface area (TPSA) is 84.2 Å². The largest absolute Gasteiger partial charge is 0.360 e. The van der Waals surface area contributed by atoms with Crippen LogP contribution in [0.15, 0.2) is 34.9 Å². The molecule has 0 bridgehead atoms. The van der Waals surface area contributed by atoms with Crippen LogP contribution in [-0.2, 0) is 4.79 Å². The van der Waals surface area contributed by atoms with Crippen LogP contribution >= 0.6 is 0 Å². The first-order valence-corrected chi connectivity index (χ1v) is 8.43. The van der Waals surface area contributed by atoms with Gasteiger partial charge in [0.05, 0.1) is 5.69 Å². The molecule has 0 fully saturated rings. The fourth-order valence-corrected chi connectivity index (χ4v) is 2.57. The van der Waals surface area contributed by atoms with Crippen molar-refractivity contribution in [1.82, 2.24) is 15.8 Å². The van der Waals surface area contributed by atoms with E-state index in [1.54, 1.807) is 6.92 Å². The van der Waals surface area contributed by atoms with Crippen LogP contribution in [0.4, 0.5) is 0 Å². The van der Waals surface area contributed by atoms with E-state index >= 15 is 0 Å². The highest BCUT2D eigenvalue weighted by Gasteiger charge is 2.28. The molecule has 2 amide bonds. The number of benzene rings is 1. The molecule has 0 saturated carbocycles. The van der Waals surface area contributed by atoms with Crippen molar-refractivity contribution in [3.8, 4) is 0 Å². The highest BCUT2D eigenvalue weighted by Crippen LogP contribution is 2.23. The molecular formula is C19H25N3O3. The van der Waals surface area contributed by atoms with Crippen LogP contribution < -0.4 is 10.6 Å². The van der Waals surface area contributed by atoms with Crippen LogP contribution in [0, 0.1) is 6.92 Å². The first kappa shape index (κ1) is 18.7. The summed E-state index contributed by atoms with van der Waals surface area (Å²) in [6.45, 7) is 9.33. The van der Waals surface area contributed by atoms with Crippen molar-refractivity contribution in [3.63, 3.8) is 0 Å². The molecular weight excluding hydrogens is 318 g/mol. The second-order valence-electron chi connectivity index (χ2n) is 6.64. The van der Waals surface area contributed by atoms with Crippen LogP contribution in [0.1, 0.15) is 67.0 Å². The molecule has 0 aliphatic heterocycles. The highest BCUT2D eigenvalue weighted by atomic mass is 16.5. The summed E-state index contributed by atoms with van der Waals surface area (Å²) in [7, 11) is 0. The van der Waals surface area contributed by atoms with Crippen molar-refractivity contribution >= 4 is 11.8 Å². The Labute approximate surface area is 148 Å². The minimum Gasteiger partial charge on any atom is -0.360 e. The Morgan fingerprint density at radius 2 is 1.68 bits per heavy atom. The van der Waals surface area contributed by atoms with Gasteiger partial charge in [-0.05, 0) is 26.3 Å². The lowest BCUT2D eigenvalue weighted by molar-refractivity contribution is -0.123. The quantitative estimate of drug-likeness (QED) is 0.844. The molecule has 0 saturated heterocycles. The zero-order valence-corrected chi connectivity index (χ0v) is 15.3. The maximum Gasteiger partial charge on any atom is 0.257 e. The number of nitrogens with zero attached hydrogens (tertiary/aromatic N) is 1. The van der Waals surface area contributed by atoms with E-state index in [1.807, 2.05) is 58.0 Å². The first-order chi connectivity index (χ1) is 11.8. The molecule has 0 aliphatic carbocycles. The summed E-state index contributed by atoms with van der Waals surface area (Å²) in [5, 5.41) is 9.57. The summed E-state index contributed by atoms with van der Waals surface area (Å²) in [4.78, 5) is 25.4. The minimum atomic E-state index is -0.787. The van der Waals surface area contributed by atoms with E-state index in [0.29, 0.717) is 22.6 Å². The van der Waals surface area contributed by atoms with Crippen molar-refractivity contribution in [2.24, 2.45) is 0 Å². The summed E-state index contributed by atoms with van der Waals surface area (Å²) in [6, 6.07) is 8.35. The third-order valence-electron chi connectivity index (χ3n) is 3.74. The second kappa shape index (κ2) is 7.96. The third kappa shape index (κ3) is 4.47. The minimum absolute atomic E-state index is 0.0154. The summed E-state index contributed by atoms with van der Waals surface area (Å²) in [5.74, 6) is -0.0855. The van der Waals surface area contributed by atoms with Crippen LogP contribution in [-0.4, -0.2) is 23.0 Å². The molecule has 25 heavy (non-hydrogen) atoms. The summed E-state index contributed by atoms with van der Waals surface area (Å²) in [5.41, 5.74) is 1.62. The Balaban J connectivity index is 2.32. The normalized spacial score (nSPS) is 12.3. The van der Waals surface area contributed by atoms with Gasteiger partial charge >= 0.3 is 0 Å². The molecule has 134 valence electrons. The lowest BCUT2D eigenvalue weighted by Gasteiger charge is -2.20. The molecule has 1 aromatic heterocycles. The summed E-state index contributed by atoms with van der Waals surface area (Å²) in [6.07, 6.45) is 0. The van der Waals surface area contributed by atoms with Crippen LogP contribution in [0.3, 0.4) is 0 Å². The van der Waals surface area contributed by atoms with Crippen molar-refractivity contribution < 1.29 is 14.1 Å². The highest BCUT2D eigenvalue weighted by molar-refractivity contribution is 5.99. The molecule has 1 heterocycles. The van der Waals surface area contributed by atoms with Crippen LogP contribution in [0.25, 0.3) is 0 Å². The molecule has 2 rings (SSSR count). The van der Waals surface area contributed by atoms with Gasteiger partial charge in [-0.15, -0.1) is 0 Å². The predicted molar refractivity (Wildman–Crippen MR) is 95.3 cm³/mol. The molecule has 0 spiro atoms. The van der Waals surface area contributed by atoms with Crippen LogP contribution in [0.5, 0.6) is 0 Å². The van der Waals surface area contributed by atoms with Gasteiger partial charge in [0.1, 0.15) is 11.6 Å².